The molecule has 1 aliphatic rings. The Balaban J connectivity index is 1.84. The van der Waals surface area contributed by atoms with E-state index in [1.54, 1.807) is 7.05 Å². The Morgan fingerprint density at radius 3 is 2.79 bits per heavy atom. The zero-order valence-corrected chi connectivity index (χ0v) is 12.2. The standard InChI is InChI=1S/C14H21ClN4/c1-16-14(17-2)18-9-11-7-8-19(10-11)13-5-3-12(15)4-6-13/h3-6,11H,7-10H2,1-2H3,(H2,16,17,18). The van der Waals surface area contributed by atoms with E-state index < -0.39 is 0 Å². The Kier molecular flexibility index (Phi) is 4.91. The molecule has 1 aromatic rings. The molecule has 0 saturated carbocycles. The van der Waals surface area contributed by atoms with Gasteiger partial charge < -0.3 is 15.5 Å². The summed E-state index contributed by atoms with van der Waals surface area (Å²) in [5.41, 5.74) is 1.25. The molecular formula is C14H21ClN4. The van der Waals surface area contributed by atoms with Gasteiger partial charge in [-0.3, -0.25) is 4.99 Å². The summed E-state index contributed by atoms with van der Waals surface area (Å²) in [6.45, 7) is 3.14. The lowest BCUT2D eigenvalue weighted by molar-refractivity contribution is 0.568. The van der Waals surface area contributed by atoms with Crippen LogP contribution in [0, 0.1) is 5.92 Å². The van der Waals surface area contributed by atoms with Gasteiger partial charge in [0.05, 0.1) is 0 Å². The average molecular weight is 281 g/mol. The van der Waals surface area contributed by atoms with E-state index in [1.165, 1.54) is 12.1 Å². The third-order valence-electron chi connectivity index (χ3n) is 3.50. The van der Waals surface area contributed by atoms with Crippen LogP contribution in [0.25, 0.3) is 0 Å². The molecule has 1 aromatic carbocycles. The monoisotopic (exact) mass is 280 g/mol. The summed E-state index contributed by atoms with van der Waals surface area (Å²) in [5.74, 6) is 1.51. The van der Waals surface area contributed by atoms with Crippen molar-refractivity contribution in [2.75, 3.05) is 38.6 Å². The molecule has 1 aliphatic heterocycles. The Labute approximate surface area is 119 Å². The Morgan fingerprint density at radius 2 is 2.16 bits per heavy atom. The lowest BCUT2D eigenvalue weighted by Gasteiger charge is -2.19. The Bertz CT molecular complexity index is 430. The number of hydrogen-bond donors (Lipinski definition) is 2. The number of aliphatic imine (C=N–C) groups is 1. The first-order valence-electron chi connectivity index (χ1n) is 6.62. The van der Waals surface area contributed by atoms with Crippen LogP contribution in [0.1, 0.15) is 6.42 Å². The van der Waals surface area contributed by atoms with E-state index in [2.05, 4.69) is 32.7 Å². The van der Waals surface area contributed by atoms with Crippen molar-refractivity contribution in [2.24, 2.45) is 10.9 Å². The average Bonchev–Trinajstić information content (AvgIpc) is 2.89. The van der Waals surface area contributed by atoms with Crippen molar-refractivity contribution in [1.29, 1.82) is 0 Å². The number of anilines is 1. The molecule has 1 heterocycles. The summed E-state index contributed by atoms with van der Waals surface area (Å²) < 4.78 is 0. The molecule has 1 unspecified atom stereocenters. The molecule has 0 amide bonds. The fourth-order valence-electron chi connectivity index (χ4n) is 2.41. The molecule has 4 nitrogen and oxygen atoms in total. The predicted octanol–water partition coefficient (Wildman–Crippen LogP) is 1.96. The zero-order valence-electron chi connectivity index (χ0n) is 11.5. The molecule has 0 aliphatic carbocycles. The molecule has 2 N–H and O–H groups in total. The van der Waals surface area contributed by atoms with Gasteiger partial charge in [0.1, 0.15) is 0 Å². The van der Waals surface area contributed by atoms with Crippen LogP contribution in [-0.4, -0.2) is 39.7 Å². The van der Waals surface area contributed by atoms with Gasteiger partial charge in [0, 0.05) is 44.4 Å². The van der Waals surface area contributed by atoms with E-state index in [1.807, 2.05) is 19.2 Å². The van der Waals surface area contributed by atoms with E-state index in [9.17, 15) is 0 Å². The topological polar surface area (TPSA) is 39.7 Å². The largest absolute Gasteiger partial charge is 0.371 e. The number of nitrogens with zero attached hydrogens (tertiary/aromatic N) is 2. The molecule has 1 saturated heterocycles. The first-order chi connectivity index (χ1) is 9.22. The molecule has 0 radical (unpaired) electrons. The Hall–Kier alpha value is -1.42. The van der Waals surface area contributed by atoms with Crippen LogP contribution in [-0.2, 0) is 0 Å². The fourth-order valence-corrected chi connectivity index (χ4v) is 2.53. The lowest BCUT2D eigenvalue weighted by Crippen LogP contribution is -2.38. The first kappa shape index (κ1) is 14.0. The van der Waals surface area contributed by atoms with E-state index in [0.717, 1.165) is 30.6 Å². The summed E-state index contributed by atoms with van der Waals surface area (Å²) in [4.78, 5) is 6.53. The van der Waals surface area contributed by atoms with Crippen LogP contribution >= 0.6 is 11.6 Å². The molecule has 104 valence electrons. The second-order valence-corrected chi connectivity index (χ2v) is 5.22. The van der Waals surface area contributed by atoms with Gasteiger partial charge in [0.2, 0.25) is 0 Å². The highest BCUT2D eigenvalue weighted by Gasteiger charge is 2.22. The molecule has 1 fully saturated rings. The minimum atomic E-state index is 0.653. The number of rotatable bonds is 3. The molecule has 0 bridgehead atoms. The number of hydrogen-bond acceptors (Lipinski definition) is 2. The van der Waals surface area contributed by atoms with Gasteiger partial charge in [-0.1, -0.05) is 11.6 Å². The van der Waals surface area contributed by atoms with E-state index in [0.29, 0.717) is 5.92 Å². The molecule has 1 atom stereocenters. The summed E-state index contributed by atoms with van der Waals surface area (Å²) in [6.07, 6.45) is 1.20. The van der Waals surface area contributed by atoms with Crippen LogP contribution < -0.4 is 15.5 Å². The van der Waals surface area contributed by atoms with Crippen molar-refractivity contribution in [2.45, 2.75) is 6.42 Å². The van der Waals surface area contributed by atoms with Crippen LogP contribution in [0.5, 0.6) is 0 Å². The lowest BCUT2D eigenvalue weighted by atomic mass is 10.1. The highest BCUT2D eigenvalue weighted by Crippen LogP contribution is 2.24. The van der Waals surface area contributed by atoms with Crippen molar-refractivity contribution in [3.05, 3.63) is 29.3 Å². The van der Waals surface area contributed by atoms with Gasteiger partial charge in [0.15, 0.2) is 5.96 Å². The summed E-state index contributed by atoms with van der Waals surface area (Å²) >= 11 is 5.91. The van der Waals surface area contributed by atoms with Crippen molar-refractivity contribution < 1.29 is 0 Å². The SMILES string of the molecule is CN=C(NC)NCC1CCN(c2ccc(Cl)cc2)C1. The summed E-state index contributed by atoms with van der Waals surface area (Å²) in [5, 5.41) is 7.16. The third-order valence-corrected chi connectivity index (χ3v) is 3.75. The maximum Gasteiger partial charge on any atom is 0.190 e. The zero-order chi connectivity index (χ0) is 13.7. The van der Waals surface area contributed by atoms with Gasteiger partial charge in [0.25, 0.3) is 0 Å². The van der Waals surface area contributed by atoms with Gasteiger partial charge in [-0.2, -0.15) is 0 Å². The van der Waals surface area contributed by atoms with Crippen LogP contribution in [0.3, 0.4) is 0 Å². The Morgan fingerprint density at radius 1 is 1.42 bits per heavy atom. The van der Waals surface area contributed by atoms with Crippen LogP contribution in [0.15, 0.2) is 29.3 Å². The van der Waals surface area contributed by atoms with Gasteiger partial charge in [-0.15, -0.1) is 0 Å². The van der Waals surface area contributed by atoms with Crippen molar-refractivity contribution in [1.82, 2.24) is 10.6 Å². The molecule has 19 heavy (non-hydrogen) atoms. The quantitative estimate of drug-likeness (QED) is 0.657. The van der Waals surface area contributed by atoms with Crippen molar-refractivity contribution >= 4 is 23.2 Å². The second kappa shape index (κ2) is 6.66. The highest BCUT2D eigenvalue weighted by molar-refractivity contribution is 6.30. The molecular weight excluding hydrogens is 260 g/mol. The maximum absolute atomic E-state index is 5.91. The maximum atomic E-state index is 5.91. The molecule has 2 rings (SSSR count). The fraction of sp³-hybridized carbons (Fsp3) is 0.500. The highest BCUT2D eigenvalue weighted by atomic mass is 35.5. The van der Waals surface area contributed by atoms with E-state index in [-0.39, 0.29) is 0 Å². The molecule has 0 spiro atoms. The number of nitrogens with one attached hydrogen (secondary N) is 2. The third kappa shape index (κ3) is 3.77. The van der Waals surface area contributed by atoms with Gasteiger partial charge in [-0.25, -0.2) is 0 Å². The smallest absolute Gasteiger partial charge is 0.190 e. The minimum Gasteiger partial charge on any atom is -0.371 e. The van der Waals surface area contributed by atoms with Gasteiger partial charge >= 0.3 is 0 Å². The van der Waals surface area contributed by atoms with Gasteiger partial charge in [-0.05, 0) is 36.6 Å². The minimum absolute atomic E-state index is 0.653. The number of guanidine groups is 1. The summed E-state index contributed by atoms with van der Waals surface area (Å²) in [7, 11) is 3.66. The molecule has 5 heteroatoms. The second-order valence-electron chi connectivity index (χ2n) is 4.78. The van der Waals surface area contributed by atoms with Crippen LogP contribution in [0.2, 0.25) is 5.02 Å². The van der Waals surface area contributed by atoms with Crippen LogP contribution in [0.4, 0.5) is 5.69 Å². The number of halogens is 1. The molecule has 0 aromatic heterocycles. The van der Waals surface area contributed by atoms with Crippen molar-refractivity contribution in [3.8, 4) is 0 Å². The number of benzene rings is 1. The van der Waals surface area contributed by atoms with Crippen molar-refractivity contribution in [3.63, 3.8) is 0 Å². The van der Waals surface area contributed by atoms with E-state index in [4.69, 9.17) is 11.6 Å². The van der Waals surface area contributed by atoms with E-state index >= 15 is 0 Å². The summed E-state index contributed by atoms with van der Waals surface area (Å²) in [6, 6.07) is 8.08. The normalized spacial score (nSPS) is 19.6. The predicted molar refractivity (Wildman–Crippen MR) is 82.2 cm³/mol. The first-order valence-corrected chi connectivity index (χ1v) is 6.99.